The summed E-state index contributed by atoms with van der Waals surface area (Å²) in [6.45, 7) is 0.0953. The Kier molecular flexibility index (Phi) is 6.44. The van der Waals surface area contributed by atoms with E-state index >= 15 is 0 Å². The van der Waals surface area contributed by atoms with E-state index < -0.39 is 14.2 Å². The zero-order chi connectivity index (χ0) is 20.4. The summed E-state index contributed by atoms with van der Waals surface area (Å²) < 4.78 is 12.9. The van der Waals surface area contributed by atoms with Gasteiger partial charge in [0.2, 0.25) is 19.5 Å². The van der Waals surface area contributed by atoms with Crippen molar-refractivity contribution >= 4 is 36.8 Å². The zero-order valence-corrected chi connectivity index (χ0v) is 17.3. The number of halogens is 1. The molecule has 1 aliphatic carbocycles. The first kappa shape index (κ1) is 20.7. The van der Waals surface area contributed by atoms with Gasteiger partial charge >= 0.3 is 0 Å². The molecule has 0 spiro atoms. The standard InChI is InChI=1S/C17H22ClN6O4P/c18-17-22-15(21-10-3-1-2-4-10)12-8-20-24(16(12)23-17)13-6-5-11(28-13)9-27-14(7-19)29(25)26/h8,10-11,13-14,25-26H,1-6,9H2,(H,21,22,23). The number of aromatic nitrogens is 4. The SMILES string of the molecule is N#CC(OCC1CCC(n2ncc3c(NC4CCCC4)nc(Cl)nc32)O1)P(O)O. The normalized spacial score (nSPS) is 23.7. The Morgan fingerprint density at radius 2 is 2.14 bits per heavy atom. The van der Waals surface area contributed by atoms with Crippen LogP contribution in [0, 0.1) is 11.3 Å². The van der Waals surface area contributed by atoms with E-state index in [1.54, 1.807) is 16.9 Å². The fraction of sp³-hybridized carbons (Fsp3) is 0.647. The lowest BCUT2D eigenvalue weighted by Gasteiger charge is -2.17. The van der Waals surface area contributed by atoms with Gasteiger partial charge in [-0.05, 0) is 37.3 Å². The van der Waals surface area contributed by atoms with Crippen LogP contribution in [-0.4, -0.2) is 54.1 Å². The van der Waals surface area contributed by atoms with Crippen LogP contribution in [0.3, 0.4) is 0 Å². The summed E-state index contributed by atoms with van der Waals surface area (Å²) in [4.78, 5) is 27.0. The number of nitriles is 1. The Morgan fingerprint density at radius 1 is 1.34 bits per heavy atom. The summed E-state index contributed by atoms with van der Waals surface area (Å²) in [5.41, 5.74) is 0.598. The zero-order valence-electron chi connectivity index (χ0n) is 15.6. The third-order valence-corrected chi connectivity index (χ3v) is 6.09. The molecule has 29 heavy (non-hydrogen) atoms. The molecule has 4 rings (SSSR count). The lowest BCUT2D eigenvalue weighted by molar-refractivity contribution is -0.0450. The first-order valence-corrected chi connectivity index (χ1v) is 11.3. The van der Waals surface area contributed by atoms with Gasteiger partial charge in [0.05, 0.1) is 24.3 Å². The van der Waals surface area contributed by atoms with Crippen LogP contribution in [0.2, 0.25) is 5.28 Å². The van der Waals surface area contributed by atoms with Crippen LogP contribution in [0.4, 0.5) is 5.82 Å². The Hall–Kier alpha value is -1.60. The fourth-order valence-electron chi connectivity index (χ4n) is 3.83. The van der Waals surface area contributed by atoms with E-state index in [1.165, 1.54) is 12.8 Å². The van der Waals surface area contributed by atoms with Crippen LogP contribution in [-0.2, 0) is 9.47 Å². The summed E-state index contributed by atoms with van der Waals surface area (Å²) in [6.07, 6.45) is 7.09. The van der Waals surface area contributed by atoms with Crippen molar-refractivity contribution in [3.63, 3.8) is 0 Å². The van der Waals surface area contributed by atoms with E-state index in [0.29, 0.717) is 30.3 Å². The van der Waals surface area contributed by atoms with Crippen molar-refractivity contribution in [3.05, 3.63) is 11.5 Å². The maximum Gasteiger partial charge on any atom is 0.226 e. The molecule has 156 valence electrons. The lowest BCUT2D eigenvalue weighted by atomic mass is 10.2. The lowest BCUT2D eigenvalue weighted by Crippen LogP contribution is -2.21. The van der Waals surface area contributed by atoms with Crippen molar-refractivity contribution in [1.29, 1.82) is 5.26 Å². The van der Waals surface area contributed by atoms with E-state index in [9.17, 15) is 0 Å². The molecule has 1 aliphatic heterocycles. The molecule has 1 saturated carbocycles. The number of hydrogen-bond donors (Lipinski definition) is 3. The number of fused-ring (bicyclic) bond motifs is 1. The van der Waals surface area contributed by atoms with Gasteiger partial charge in [0.25, 0.3) is 0 Å². The maximum atomic E-state index is 9.15. The summed E-state index contributed by atoms with van der Waals surface area (Å²) >= 11 is 6.16. The maximum absolute atomic E-state index is 9.15. The summed E-state index contributed by atoms with van der Waals surface area (Å²) in [5, 5.41) is 17.7. The number of nitrogens with one attached hydrogen (secondary N) is 1. The first-order chi connectivity index (χ1) is 14.0. The number of hydrogen-bond acceptors (Lipinski definition) is 9. The number of ether oxygens (including phenoxy) is 2. The Morgan fingerprint density at radius 3 is 2.86 bits per heavy atom. The highest BCUT2D eigenvalue weighted by Gasteiger charge is 2.31. The van der Waals surface area contributed by atoms with Crippen molar-refractivity contribution in [2.24, 2.45) is 0 Å². The van der Waals surface area contributed by atoms with Crippen molar-refractivity contribution in [2.45, 2.75) is 62.7 Å². The van der Waals surface area contributed by atoms with Crippen molar-refractivity contribution in [2.75, 3.05) is 11.9 Å². The molecule has 3 heterocycles. The topological polar surface area (TPSA) is 138 Å². The second-order valence-electron chi connectivity index (χ2n) is 7.22. The first-order valence-electron chi connectivity index (χ1n) is 9.56. The van der Waals surface area contributed by atoms with Gasteiger partial charge in [-0.2, -0.15) is 20.3 Å². The van der Waals surface area contributed by atoms with Crippen molar-refractivity contribution in [3.8, 4) is 6.07 Å². The third kappa shape index (κ3) is 4.61. The minimum atomic E-state index is -2.46. The molecule has 3 unspecified atom stereocenters. The van der Waals surface area contributed by atoms with Crippen LogP contribution in [0.25, 0.3) is 11.0 Å². The predicted octanol–water partition coefficient (Wildman–Crippen LogP) is 2.67. The summed E-state index contributed by atoms with van der Waals surface area (Å²) in [5.74, 6) is -0.555. The highest BCUT2D eigenvalue weighted by Crippen LogP contribution is 2.35. The molecule has 0 bridgehead atoms. The van der Waals surface area contributed by atoms with Crippen LogP contribution in [0.5, 0.6) is 0 Å². The predicted molar refractivity (Wildman–Crippen MR) is 106 cm³/mol. The van der Waals surface area contributed by atoms with E-state index in [-0.39, 0.29) is 24.2 Å². The molecule has 2 aromatic rings. The molecule has 2 fully saturated rings. The molecule has 3 atom stereocenters. The molecular weight excluding hydrogens is 419 g/mol. The van der Waals surface area contributed by atoms with Crippen LogP contribution >= 0.6 is 20.0 Å². The second kappa shape index (κ2) is 9.04. The fourth-order valence-corrected chi connectivity index (χ4v) is 4.31. The third-order valence-electron chi connectivity index (χ3n) is 5.24. The highest BCUT2D eigenvalue weighted by molar-refractivity contribution is 7.46. The van der Waals surface area contributed by atoms with Gasteiger partial charge in [-0.1, -0.05) is 12.8 Å². The minimum Gasteiger partial charge on any atom is -0.367 e. The quantitative estimate of drug-likeness (QED) is 0.438. The van der Waals surface area contributed by atoms with Gasteiger partial charge in [0.1, 0.15) is 11.9 Å². The molecule has 10 nitrogen and oxygen atoms in total. The average Bonchev–Trinajstić information content (AvgIpc) is 3.42. The van der Waals surface area contributed by atoms with Gasteiger partial charge in [0.15, 0.2) is 11.9 Å². The number of anilines is 1. The van der Waals surface area contributed by atoms with E-state index in [2.05, 4.69) is 20.4 Å². The highest BCUT2D eigenvalue weighted by atomic mass is 35.5. The van der Waals surface area contributed by atoms with Crippen LogP contribution in [0.15, 0.2) is 6.20 Å². The van der Waals surface area contributed by atoms with E-state index in [1.807, 2.05) is 0 Å². The van der Waals surface area contributed by atoms with Gasteiger partial charge < -0.3 is 24.6 Å². The molecule has 12 heteroatoms. The molecule has 0 radical (unpaired) electrons. The van der Waals surface area contributed by atoms with E-state index in [0.717, 1.165) is 18.2 Å². The van der Waals surface area contributed by atoms with E-state index in [4.69, 9.17) is 36.1 Å². The van der Waals surface area contributed by atoms with Crippen molar-refractivity contribution < 1.29 is 19.3 Å². The Labute approximate surface area is 173 Å². The smallest absolute Gasteiger partial charge is 0.226 e. The monoisotopic (exact) mass is 440 g/mol. The number of rotatable bonds is 7. The molecule has 2 aromatic heterocycles. The van der Waals surface area contributed by atoms with Gasteiger partial charge in [-0.15, -0.1) is 0 Å². The van der Waals surface area contributed by atoms with Gasteiger partial charge in [-0.25, -0.2) is 4.68 Å². The Balaban J connectivity index is 1.47. The molecular formula is C17H22ClN6O4P. The second-order valence-corrected chi connectivity index (χ2v) is 8.67. The summed E-state index contributed by atoms with van der Waals surface area (Å²) in [6, 6.07) is 2.11. The average molecular weight is 441 g/mol. The van der Waals surface area contributed by atoms with Gasteiger partial charge in [-0.3, -0.25) is 0 Å². The largest absolute Gasteiger partial charge is 0.367 e. The molecule has 1 saturated heterocycles. The van der Waals surface area contributed by atoms with Crippen molar-refractivity contribution in [1.82, 2.24) is 19.7 Å². The van der Waals surface area contributed by atoms with Crippen LogP contribution in [0.1, 0.15) is 44.8 Å². The minimum absolute atomic E-state index is 0.0953. The molecule has 3 N–H and O–H groups in total. The summed E-state index contributed by atoms with van der Waals surface area (Å²) in [7, 11) is -2.46. The van der Waals surface area contributed by atoms with Gasteiger partial charge in [0, 0.05) is 6.04 Å². The number of nitrogens with zero attached hydrogens (tertiary/aromatic N) is 5. The molecule has 2 aliphatic rings. The Bertz CT molecular complexity index is 900. The molecule has 0 aromatic carbocycles. The molecule has 0 amide bonds. The van der Waals surface area contributed by atoms with Crippen LogP contribution < -0.4 is 5.32 Å².